The summed E-state index contributed by atoms with van der Waals surface area (Å²) < 4.78 is 0. The predicted molar refractivity (Wildman–Crippen MR) is 104 cm³/mol. The number of nitrogens with one attached hydrogen (secondary N) is 2. The zero-order chi connectivity index (χ0) is 18.5. The number of carbonyl (C=O) groups is 1. The lowest BCUT2D eigenvalue weighted by molar-refractivity contribution is 0.0934. The second-order valence-corrected chi connectivity index (χ2v) is 6.46. The number of rotatable bonds is 5. The van der Waals surface area contributed by atoms with Gasteiger partial charge in [-0.3, -0.25) is 4.79 Å². The SMILES string of the molecule is CC(NC(=O)c1cnc(Nc2ccc(Cl)c(Cl)c2)cn1)c1ccccc1. The van der Waals surface area contributed by atoms with Crippen LogP contribution in [0.1, 0.15) is 29.0 Å². The minimum Gasteiger partial charge on any atom is -0.344 e. The second-order valence-electron chi connectivity index (χ2n) is 5.65. The van der Waals surface area contributed by atoms with Crippen molar-refractivity contribution < 1.29 is 4.79 Å². The highest BCUT2D eigenvalue weighted by Gasteiger charge is 2.13. The van der Waals surface area contributed by atoms with Gasteiger partial charge in [0.25, 0.3) is 5.91 Å². The van der Waals surface area contributed by atoms with Crippen molar-refractivity contribution in [1.82, 2.24) is 15.3 Å². The van der Waals surface area contributed by atoms with E-state index in [4.69, 9.17) is 23.2 Å². The Morgan fingerprint density at radius 1 is 1.00 bits per heavy atom. The largest absolute Gasteiger partial charge is 0.344 e. The second kappa shape index (κ2) is 8.17. The van der Waals surface area contributed by atoms with Crippen LogP contribution in [0.25, 0.3) is 0 Å². The third kappa shape index (κ3) is 4.50. The Kier molecular flexibility index (Phi) is 5.71. The van der Waals surface area contributed by atoms with Crippen LogP contribution in [0.4, 0.5) is 11.5 Å². The smallest absolute Gasteiger partial charge is 0.271 e. The number of hydrogen-bond donors (Lipinski definition) is 2. The molecule has 0 aliphatic heterocycles. The Bertz CT molecular complexity index is 901. The summed E-state index contributed by atoms with van der Waals surface area (Å²) in [7, 11) is 0. The molecular weight excluding hydrogens is 371 g/mol. The maximum atomic E-state index is 12.3. The maximum Gasteiger partial charge on any atom is 0.271 e. The fourth-order valence-electron chi connectivity index (χ4n) is 2.33. The molecular formula is C19H16Cl2N4O. The van der Waals surface area contributed by atoms with Gasteiger partial charge in [0.05, 0.1) is 28.5 Å². The predicted octanol–water partition coefficient (Wildman–Crippen LogP) is 5.02. The van der Waals surface area contributed by atoms with E-state index < -0.39 is 0 Å². The van der Waals surface area contributed by atoms with Gasteiger partial charge in [-0.15, -0.1) is 0 Å². The van der Waals surface area contributed by atoms with E-state index in [0.29, 0.717) is 15.9 Å². The van der Waals surface area contributed by atoms with Gasteiger partial charge in [-0.2, -0.15) is 0 Å². The van der Waals surface area contributed by atoms with Gasteiger partial charge in [0.15, 0.2) is 0 Å². The van der Waals surface area contributed by atoms with Crippen molar-refractivity contribution in [2.75, 3.05) is 5.32 Å². The van der Waals surface area contributed by atoms with E-state index >= 15 is 0 Å². The first-order valence-corrected chi connectivity index (χ1v) is 8.68. The van der Waals surface area contributed by atoms with Crippen LogP contribution >= 0.6 is 23.2 Å². The topological polar surface area (TPSA) is 66.9 Å². The molecule has 0 spiro atoms. The molecule has 132 valence electrons. The average Bonchev–Trinajstić information content (AvgIpc) is 2.66. The Balaban J connectivity index is 1.65. The van der Waals surface area contributed by atoms with Crippen molar-refractivity contribution >= 4 is 40.6 Å². The molecule has 3 aromatic rings. The first-order valence-electron chi connectivity index (χ1n) is 7.93. The number of nitrogens with zero attached hydrogens (tertiary/aromatic N) is 2. The van der Waals surface area contributed by atoms with Gasteiger partial charge in [-0.25, -0.2) is 9.97 Å². The number of hydrogen-bond acceptors (Lipinski definition) is 4. The summed E-state index contributed by atoms with van der Waals surface area (Å²) in [5.74, 6) is 0.214. The van der Waals surface area contributed by atoms with Gasteiger partial charge in [-0.1, -0.05) is 53.5 Å². The van der Waals surface area contributed by atoms with Crippen molar-refractivity contribution in [2.24, 2.45) is 0 Å². The Labute approximate surface area is 161 Å². The highest BCUT2D eigenvalue weighted by molar-refractivity contribution is 6.42. The molecule has 3 rings (SSSR count). The number of aromatic nitrogens is 2. The van der Waals surface area contributed by atoms with Crippen LogP contribution in [0.3, 0.4) is 0 Å². The van der Waals surface area contributed by atoms with Crippen LogP contribution in [-0.4, -0.2) is 15.9 Å². The molecule has 0 saturated heterocycles. The molecule has 7 heteroatoms. The van der Waals surface area contributed by atoms with Crippen LogP contribution < -0.4 is 10.6 Å². The van der Waals surface area contributed by atoms with Crippen LogP contribution in [-0.2, 0) is 0 Å². The number of carbonyl (C=O) groups excluding carboxylic acids is 1. The van der Waals surface area contributed by atoms with Crippen molar-refractivity contribution in [3.8, 4) is 0 Å². The molecule has 1 amide bonds. The molecule has 2 aromatic carbocycles. The molecule has 0 aliphatic carbocycles. The Morgan fingerprint density at radius 3 is 2.42 bits per heavy atom. The lowest BCUT2D eigenvalue weighted by Crippen LogP contribution is -2.27. The number of benzene rings is 2. The first-order chi connectivity index (χ1) is 12.5. The fraction of sp³-hybridized carbons (Fsp3) is 0.105. The summed E-state index contributed by atoms with van der Waals surface area (Å²) in [6.07, 6.45) is 2.91. The standard InChI is InChI=1S/C19H16Cl2N4O/c1-12(13-5-3-2-4-6-13)24-19(26)17-10-23-18(11-22-17)25-14-7-8-15(20)16(21)9-14/h2-12H,1H3,(H,23,25)(H,24,26). The molecule has 5 nitrogen and oxygen atoms in total. The quantitative estimate of drug-likeness (QED) is 0.645. The zero-order valence-electron chi connectivity index (χ0n) is 13.9. The summed E-state index contributed by atoms with van der Waals surface area (Å²) >= 11 is 11.9. The molecule has 1 atom stereocenters. The molecule has 2 N–H and O–H groups in total. The molecule has 0 saturated carbocycles. The van der Waals surface area contributed by atoms with Gasteiger partial charge in [0, 0.05) is 5.69 Å². The summed E-state index contributed by atoms with van der Waals surface area (Å²) in [5, 5.41) is 6.87. The minimum absolute atomic E-state index is 0.125. The van der Waals surface area contributed by atoms with E-state index in [1.54, 1.807) is 18.2 Å². The normalized spacial score (nSPS) is 11.7. The summed E-state index contributed by atoms with van der Waals surface area (Å²) in [6.45, 7) is 1.92. The van der Waals surface area contributed by atoms with Crippen molar-refractivity contribution in [1.29, 1.82) is 0 Å². The third-order valence-corrected chi connectivity index (χ3v) is 4.46. The van der Waals surface area contributed by atoms with Crippen molar-refractivity contribution in [3.63, 3.8) is 0 Å². The average molecular weight is 387 g/mol. The summed E-state index contributed by atoms with van der Waals surface area (Å²) in [6, 6.07) is 14.7. The Hall–Kier alpha value is -2.63. The first kappa shape index (κ1) is 18.2. The van der Waals surface area contributed by atoms with Crippen molar-refractivity contribution in [3.05, 3.63) is 82.2 Å². The molecule has 1 heterocycles. The fourth-order valence-corrected chi connectivity index (χ4v) is 2.63. The van der Waals surface area contributed by atoms with E-state index in [-0.39, 0.29) is 17.6 Å². The third-order valence-electron chi connectivity index (χ3n) is 3.72. The highest BCUT2D eigenvalue weighted by Crippen LogP contribution is 2.26. The van der Waals surface area contributed by atoms with E-state index in [0.717, 1.165) is 11.3 Å². The number of amides is 1. The number of anilines is 2. The molecule has 0 bridgehead atoms. The summed E-state index contributed by atoms with van der Waals surface area (Å²) in [4.78, 5) is 20.7. The molecule has 26 heavy (non-hydrogen) atoms. The highest BCUT2D eigenvalue weighted by atomic mass is 35.5. The number of halogens is 2. The summed E-state index contributed by atoms with van der Waals surface area (Å²) in [5.41, 5.74) is 1.99. The molecule has 0 fully saturated rings. The van der Waals surface area contributed by atoms with Crippen LogP contribution in [0, 0.1) is 0 Å². The lowest BCUT2D eigenvalue weighted by Gasteiger charge is -2.14. The van der Waals surface area contributed by atoms with Crippen molar-refractivity contribution in [2.45, 2.75) is 13.0 Å². The van der Waals surface area contributed by atoms with E-state index in [1.165, 1.54) is 12.4 Å². The van der Waals surface area contributed by atoms with Crippen LogP contribution in [0.5, 0.6) is 0 Å². The van der Waals surface area contributed by atoms with Gasteiger partial charge >= 0.3 is 0 Å². The maximum absolute atomic E-state index is 12.3. The molecule has 1 unspecified atom stereocenters. The molecule has 1 aromatic heterocycles. The monoisotopic (exact) mass is 386 g/mol. The Morgan fingerprint density at radius 2 is 1.77 bits per heavy atom. The van der Waals surface area contributed by atoms with Gasteiger partial charge < -0.3 is 10.6 Å². The van der Waals surface area contributed by atoms with E-state index in [1.807, 2.05) is 37.3 Å². The van der Waals surface area contributed by atoms with E-state index in [9.17, 15) is 4.79 Å². The van der Waals surface area contributed by atoms with E-state index in [2.05, 4.69) is 20.6 Å². The molecule has 0 aliphatic rings. The van der Waals surface area contributed by atoms with Gasteiger partial charge in [0.1, 0.15) is 11.5 Å². The van der Waals surface area contributed by atoms with Gasteiger partial charge in [-0.05, 0) is 30.7 Å². The zero-order valence-corrected chi connectivity index (χ0v) is 15.4. The van der Waals surface area contributed by atoms with Crippen LogP contribution in [0.15, 0.2) is 60.9 Å². The lowest BCUT2D eigenvalue weighted by atomic mass is 10.1. The molecule has 0 radical (unpaired) electrons. The minimum atomic E-state index is -0.282. The van der Waals surface area contributed by atoms with Crippen LogP contribution in [0.2, 0.25) is 10.0 Å². The van der Waals surface area contributed by atoms with Gasteiger partial charge in [0.2, 0.25) is 0 Å².